The second-order valence-corrected chi connectivity index (χ2v) is 17.0. The Labute approximate surface area is 271 Å². The topological polar surface area (TPSA) is 94.2 Å². The van der Waals surface area contributed by atoms with Gasteiger partial charge in [-0.3, -0.25) is 9.52 Å². The molecule has 1 saturated carbocycles. The Morgan fingerprint density at radius 3 is 2.62 bits per heavy atom. The van der Waals surface area contributed by atoms with E-state index in [1.807, 2.05) is 32.0 Å². The average molecular weight is 655 g/mol. The molecular weight excluding hydrogens is 612 g/mol. The molecule has 0 radical (unpaired) electrons. The number of benzene rings is 2. The van der Waals surface area contributed by atoms with Crippen molar-refractivity contribution in [3.05, 3.63) is 58.1 Å². The van der Waals surface area contributed by atoms with Crippen molar-refractivity contribution in [1.82, 2.24) is 4.72 Å². The zero-order chi connectivity index (χ0) is 31.6. The molecule has 0 aromatic heterocycles. The van der Waals surface area contributed by atoms with Gasteiger partial charge in [0.1, 0.15) is 12.4 Å². The molecule has 1 N–H and O–H groups in total. The molecule has 2 aliphatic carbocycles. The summed E-state index contributed by atoms with van der Waals surface area (Å²) in [6.45, 7) is 6.17. The lowest BCUT2D eigenvalue weighted by Gasteiger charge is -2.49. The first kappa shape index (κ1) is 30.7. The van der Waals surface area contributed by atoms with Gasteiger partial charge in [-0.1, -0.05) is 24.6 Å². The number of cyclic esters (lactones) is 1. The summed E-state index contributed by atoms with van der Waals surface area (Å²) in [6, 6.07) is 11.7. The average Bonchev–Trinajstić information content (AvgIpc) is 3.28. The molecule has 1 saturated heterocycles. The summed E-state index contributed by atoms with van der Waals surface area (Å²) in [5, 5.41) is 0.399. The molecule has 8 nitrogen and oxygen atoms in total. The molecule has 2 aromatic rings. The van der Waals surface area contributed by atoms with Crippen LogP contribution in [0.25, 0.3) is 0 Å². The first-order valence-electron chi connectivity index (χ1n) is 16.3. The summed E-state index contributed by atoms with van der Waals surface area (Å²) in [6.07, 6.45) is 6.63. The number of carbonyl (C=O) groups excluding carboxylic acids is 2. The lowest BCUT2D eigenvalue weighted by Crippen LogP contribution is -2.54. The van der Waals surface area contributed by atoms with Crippen LogP contribution in [0.1, 0.15) is 80.3 Å². The van der Waals surface area contributed by atoms with Gasteiger partial charge in [-0.25, -0.2) is 9.00 Å². The van der Waals surface area contributed by atoms with Gasteiger partial charge in [0.05, 0.1) is 22.0 Å². The van der Waals surface area contributed by atoms with Gasteiger partial charge in [0.25, 0.3) is 5.91 Å². The minimum absolute atomic E-state index is 0.0378. The van der Waals surface area contributed by atoms with E-state index >= 15 is 0 Å². The van der Waals surface area contributed by atoms with Gasteiger partial charge in [-0.2, -0.15) is 0 Å². The molecule has 5 aliphatic rings. The quantitative estimate of drug-likeness (QED) is 0.263. The fraction of sp³-hybridized carbons (Fsp3) is 0.571. The Kier molecular flexibility index (Phi) is 7.79. The molecule has 2 aromatic carbocycles. The number of carbonyl (C=O) groups is 2. The number of nitrogens with one attached hydrogen (secondary N) is 1. The lowest BCUT2D eigenvalue weighted by atomic mass is 9.63. The van der Waals surface area contributed by atoms with E-state index in [-0.39, 0.29) is 35.0 Å². The van der Waals surface area contributed by atoms with Crippen LogP contribution in [0.4, 0.5) is 10.5 Å². The van der Waals surface area contributed by atoms with Crippen LogP contribution in [0.3, 0.4) is 0 Å². The zero-order valence-electron chi connectivity index (χ0n) is 26.1. The second kappa shape index (κ2) is 11.4. The van der Waals surface area contributed by atoms with Crippen molar-refractivity contribution in [2.24, 2.45) is 17.8 Å². The van der Waals surface area contributed by atoms with Crippen LogP contribution >= 0.6 is 11.6 Å². The van der Waals surface area contributed by atoms with E-state index in [2.05, 4.69) is 27.6 Å². The normalized spacial score (nSPS) is 36.5. The maximum absolute atomic E-state index is 13.8. The van der Waals surface area contributed by atoms with Gasteiger partial charge in [-0.15, -0.1) is 0 Å². The number of ether oxygens (including phenoxy) is 3. The summed E-state index contributed by atoms with van der Waals surface area (Å²) < 4.78 is 34.7. The molecule has 2 bridgehead atoms. The standard InChI is InChI=1S/C35H43ClN2O6S/c1-22-6-4-15-35(21-43-33(40)44-35)29-11-8-26(29)18-38-19-34(14-5-7-24-16-27(36)10-12-28(24)34)20-42-31-13-9-25(17-30(31)38)32(39)37-45(3,41)23(22)2/h9-10,12-13,16-17,22-23,26,29H,3-8,11,14-15,18-21H2,1-2H3,(H,37,39,41)/t22-,23+,26-,29+,34-,35-,45?/m0/s1. The van der Waals surface area contributed by atoms with Crippen LogP contribution in [-0.4, -0.2) is 59.3 Å². The summed E-state index contributed by atoms with van der Waals surface area (Å²) in [5.74, 6) is 4.79. The van der Waals surface area contributed by atoms with Gasteiger partial charge in [-0.05, 0) is 117 Å². The van der Waals surface area contributed by atoms with Crippen molar-refractivity contribution in [3.63, 3.8) is 0 Å². The van der Waals surface area contributed by atoms with Crippen LogP contribution in [0.2, 0.25) is 5.02 Å². The van der Waals surface area contributed by atoms with Crippen molar-refractivity contribution in [2.45, 2.75) is 81.5 Å². The molecule has 2 fully saturated rings. The summed E-state index contributed by atoms with van der Waals surface area (Å²) >= 11 is 6.43. The fourth-order valence-corrected chi connectivity index (χ4v) is 10.3. The predicted molar refractivity (Wildman–Crippen MR) is 177 cm³/mol. The Morgan fingerprint density at radius 2 is 1.87 bits per heavy atom. The molecular formula is C35H43ClN2O6S. The molecule has 242 valence electrons. The van der Waals surface area contributed by atoms with Gasteiger partial charge in [0, 0.05) is 40.3 Å². The zero-order valence-corrected chi connectivity index (χ0v) is 27.7. The summed E-state index contributed by atoms with van der Waals surface area (Å²) in [5.41, 5.74) is 2.89. The number of amides is 1. The Balaban J connectivity index is 1.31. The number of halogens is 1. The van der Waals surface area contributed by atoms with E-state index in [4.69, 9.17) is 25.8 Å². The van der Waals surface area contributed by atoms with Gasteiger partial charge in [0.2, 0.25) is 0 Å². The molecule has 1 amide bonds. The number of hydrogen-bond donors (Lipinski definition) is 1. The minimum atomic E-state index is -2.95. The van der Waals surface area contributed by atoms with E-state index in [0.717, 1.165) is 68.0 Å². The predicted octanol–water partition coefficient (Wildman–Crippen LogP) is 6.31. The molecule has 3 heterocycles. The van der Waals surface area contributed by atoms with Crippen LogP contribution in [0.5, 0.6) is 5.75 Å². The minimum Gasteiger partial charge on any atom is -0.490 e. The van der Waals surface area contributed by atoms with Crippen molar-refractivity contribution >= 4 is 44.9 Å². The van der Waals surface area contributed by atoms with Crippen molar-refractivity contribution in [2.75, 3.05) is 31.2 Å². The largest absolute Gasteiger partial charge is 0.509 e. The third kappa shape index (κ3) is 5.47. The lowest BCUT2D eigenvalue weighted by molar-refractivity contribution is -0.0664. The Hall–Kier alpha value is -2.91. The van der Waals surface area contributed by atoms with Crippen LogP contribution in [-0.2, 0) is 31.0 Å². The maximum Gasteiger partial charge on any atom is 0.509 e. The highest BCUT2D eigenvalue weighted by molar-refractivity contribution is 7.99. The molecule has 7 atom stereocenters. The second-order valence-electron chi connectivity index (χ2n) is 14.2. The smallest absolute Gasteiger partial charge is 0.490 e. The number of anilines is 1. The van der Waals surface area contributed by atoms with E-state index in [1.165, 1.54) is 11.1 Å². The third-order valence-electron chi connectivity index (χ3n) is 11.5. The molecule has 3 aliphatic heterocycles. The number of fused-ring (bicyclic) bond motifs is 5. The molecule has 7 rings (SSSR count). The fourth-order valence-electron chi connectivity index (χ4n) is 8.56. The highest BCUT2D eigenvalue weighted by atomic mass is 35.5. The molecule has 10 heteroatoms. The van der Waals surface area contributed by atoms with Gasteiger partial charge >= 0.3 is 6.16 Å². The Morgan fingerprint density at radius 1 is 1.02 bits per heavy atom. The summed E-state index contributed by atoms with van der Waals surface area (Å²) in [4.78, 5) is 28.4. The third-order valence-corrected chi connectivity index (χ3v) is 13.9. The van der Waals surface area contributed by atoms with Crippen molar-refractivity contribution < 1.29 is 28.0 Å². The molecule has 2 spiro atoms. The number of rotatable bonds is 0. The number of hydrogen-bond acceptors (Lipinski definition) is 7. The molecule has 1 unspecified atom stereocenters. The SMILES string of the molecule is C=S1(=O)NC(=O)c2ccc3c(c2)N(C[C@@H]2CC[C@H]2[C@]2(CCC[C@H](C)[C@H]1C)COC(=O)O2)C[C@@]1(CCCc2cc(Cl)ccc21)CO3. The number of nitrogens with zero attached hydrogens (tertiary/aromatic N) is 1. The van der Waals surface area contributed by atoms with E-state index in [9.17, 15) is 13.8 Å². The van der Waals surface area contributed by atoms with Crippen LogP contribution in [0.15, 0.2) is 36.4 Å². The highest BCUT2D eigenvalue weighted by Crippen LogP contribution is 2.51. The van der Waals surface area contributed by atoms with Gasteiger partial charge in [0.15, 0.2) is 5.60 Å². The van der Waals surface area contributed by atoms with Crippen molar-refractivity contribution in [3.8, 4) is 5.75 Å². The van der Waals surface area contributed by atoms with Crippen LogP contribution < -0.4 is 14.4 Å². The van der Waals surface area contributed by atoms with Gasteiger partial charge < -0.3 is 19.1 Å². The van der Waals surface area contributed by atoms with E-state index < -0.39 is 27.4 Å². The highest BCUT2D eigenvalue weighted by Gasteiger charge is 2.55. The van der Waals surface area contributed by atoms with E-state index in [1.54, 1.807) is 6.07 Å². The maximum atomic E-state index is 13.8. The first-order valence-corrected chi connectivity index (χ1v) is 18.5. The monoisotopic (exact) mass is 654 g/mol. The van der Waals surface area contributed by atoms with Crippen molar-refractivity contribution in [1.29, 1.82) is 0 Å². The van der Waals surface area contributed by atoms with E-state index in [0.29, 0.717) is 25.1 Å². The molecule has 45 heavy (non-hydrogen) atoms. The van der Waals surface area contributed by atoms with Crippen LogP contribution in [0, 0.1) is 17.8 Å². The Bertz CT molecular complexity index is 1630. The number of aryl methyl sites for hydroxylation is 1. The summed E-state index contributed by atoms with van der Waals surface area (Å²) in [7, 11) is -2.95. The first-order chi connectivity index (χ1) is 21.5.